The Bertz CT molecular complexity index is 980. The van der Waals surface area contributed by atoms with Crippen LogP contribution in [0.15, 0.2) is 0 Å². The van der Waals surface area contributed by atoms with E-state index in [1.165, 1.54) is 281 Å². The quantitative estimate of drug-likeness (QED) is 0.0533. The molecule has 0 unspecified atom stereocenters. The van der Waals surface area contributed by atoms with Gasteiger partial charge in [0.2, 0.25) is 0 Å². The van der Waals surface area contributed by atoms with Crippen LogP contribution in [-0.2, 0) is 0 Å². The summed E-state index contributed by atoms with van der Waals surface area (Å²) in [6, 6.07) is 0. The first-order valence-electron chi connectivity index (χ1n) is 32.0. The summed E-state index contributed by atoms with van der Waals surface area (Å²) in [4.78, 5) is 0. The molecule has 4 heteroatoms. The van der Waals surface area contributed by atoms with E-state index in [2.05, 4.69) is 111 Å². The van der Waals surface area contributed by atoms with Gasteiger partial charge in [0, 0.05) is 0 Å². The second-order valence-electron chi connectivity index (χ2n) is 23.8. The number of halogens is 2. The van der Waals surface area contributed by atoms with Gasteiger partial charge in [-0.05, 0) is 0 Å². The molecule has 0 nitrogen and oxygen atoms in total. The maximum absolute atomic E-state index is 8.78. The molecule has 0 amide bonds. The van der Waals surface area contributed by atoms with Crippen LogP contribution in [-0.4, -0.2) is 47.3 Å². The Morgan fingerprint density at radius 1 is 0.265 bits per heavy atom. The van der Waals surface area contributed by atoms with E-state index < -0.39 is 11.3 Å². The Kier molecular flexibility index (Phi) is 41.2. The van der Waals surface area contributed by atoms with Crippen LogP contribution in [0.4, 0.5) is 0 Å². The fourth-order valence-corrected chi connectivity index (χ4v) is 37.9. The molecule has 0 spiro atoms. The van der Waals surface area contributed by atoms with E-state index in [0.29, 0.717) is 21.1 Å². The van der Waals surface area contributed by atoms with E-state index in [-0.39, 0.29) is 0 Å². The fraction of sp³-hybridized carbons (Fsp3) is 1.00. The molecule has 416 valence electrons. The van der Waals surface area contributed by atoms with Crippen molar-refractivity contribution in [3.8, 4) is 0 Å². The number of unbranched alkanes of at least 4 members (excludes halogenated alkanes) is 14. The van der Waals surface area contributed by atoms with E-state index in [4.69, 9.17) is 26.7 Å². The van der Waals surface area contributed by atoms with Crippen molar-refractivity contribution >= 4 is 38.0 Å². The maximum atomic E-state index is 8.78. The van der Waals surface area contributed by atoms with E-state index in [1.54, 1.807) is 0 Å². The molecule has 0 saturated carbocycles. The molecule has 68 heavy (non-hydrogen) atoms. The molecule has 0 N–H and O–H groups in total. The Hall–Kier alpha value is 1.63. The average molecular weight is 1080 g/mol. The minimum atomic E-state index is -2.52. The van der Waals surface area contributed by atoms with Crippen LogP contribution in [0.1, 0.15) is 355 Å². The van der Waals surface area contributed by atoms with Crippen LogP contribution in [0.5, 0.6) is 0 Å². The van der Waals surface area contributed by atoms with Crippen molar-refractivity contribution in [2.45, 2.75) is 365 Å². The number of hydrogen-bond donors (Lipinski definition) is 0. The van der Waals surface area contributed by atoms with Gasteiger partial charge in [-0.2, -0.15) is 0 Å². The molecule has 0 aromatic heterocycles. The molecule has 0 fully saturated rings. The van der Waals surface area contributed by atoms with Gasteiger partial charge in [-0.15, -0.1) is 0 Å². The number of hydrogen-bond acceptors (Lipinski definition) is 0. The van der Waals surface area contributed by atoms with E-state index >= 15 is 0 Å². The minimum absolute atomic E-state index is 0.366. The molecule has 0 saturated heterocycles. The Balaban J connectivity index is 0. The third kappa shape index (κ3) is 19.0. The summed E-state index contributed by atoms with van der Waals surface area (Å²) in [5.41, 5.74) is 0.943. The molecule has 0 rings (SSSR count). The van der Waals surface area contributed by atoms with Gasteiger partial charge in [0.05, 0.1) is 0 Å². The summed E-state index contributed by atoms with van der Waals surface area (Å²) in [5.74, 6) is -2.52. The van der Waals surface area contributed by atoms with Crippen molar-refractivity contribution in [3.05, 3.63) is 0 Å². The van der Waals surface area contributed by atoms with Gasteiger partial charge in [-0.25, -0.2) is 0 Å². The average Bonchev–Trinajstić information content (AvgIpc) is 3.36. The second-order valence-corrected chi connectivity index (χ2v) is 42.8. The van der Waals surface area contributed by atoms with Gasteiger partial charge in [-0.3, -0.25) is 0 Å². The van der Waals surface area contributed by atoms with Gasteiger partial charge < -0.3 is 0 Å². The molecule has 0 aromatic carbocycles. The predicted molar refractivity (Wildman–Crippen MR) is 334 cm³/mol. The zero-order valence-electron chi connectivity index (χ0n) is 50.8. The first kappa shape index (κ1) is 71.7. The first-order valence-corrected chi connectivity index (χ1v) is 40.5. The normalized spacial score (nSPS) is 14.3. The van der Waals surface area contributed by atoms with Gasteiger partial charge in [-0.1, -0.05) is 0 Å². The van der Waals surface area contributed by atoms with Crippen molar-refractivity contribution in [1.82, 2.24) is 0 Å². The van der Waals surface area contributed by atoms with Gasteiger partial charge >= 0.3 is 451 Å². The third-order valence-corrected chi connectivity index (χ3v) is 41.3. The zero-order chi connectivity index (χ0) is 52.0. The van der Waals surface area contributed by atoms with Crippen molar-refractivity contribution in [2.75, 3.05) is 37.0 Å². The van der Waals surface area contributed by atoms with Crippen LogP contribution in [0.2, 0.25) is 0 Å². The molecular formula is C64H136BrClP2. The summed E-state index contributed by atoms with van der Waals surface area (Å²) < 4.78 is 0. The van der Waals surface area contributed by atoms with E-state index in [0.717, 1.165) is 0 Å². The zero-order valence-corrected chi connectivity index (χ0v) is 54.9. The van der Waals surface area contributed by atoms with Crippen LogP contribution < -0.4 is 0 Å². The SMILES string of the molecule is CCCCC(CC)(CCCC)C(CCCC)(CCCC)P(Br)(CCCC)(CCCC)CCCC.CCCCC(CC)(CCCC)C(CCCC)(CCCC)P(Cl)(CCCC)(CCCC)CCCC. The van der Waals surface area contributed by atoms with Crippen molar-refractivity contribution in [1.29, 1.82) is 0 Å². The summed E-state index contributed by atoms with van der Waals surface area (Å²) in [7, 11) is 0. The molecule has 0 aliphatic carbocycles. The summed E-state index contributed by atoms with van der Waals surface area (Å²) in [5, 5.41) is -1.29. The summed E-state index contributed by atoms with van der Waals surface area (Å²) >= 11 is 13.9. The van der Waals surface area contributed by atoms with Crippen molar-refractivity contribution < 1.29 is 0 Å². The van der Waals surface area contributed by atoms with Gasteiger partial charge in [0.1, 0.15) is 0 Å². The van der Waals surface area contributed by atoms with Crippen molar-refractivity contribution in [3.63, 3.8) is 0 Å². The Labute approximate surface area is 448 Å². The predicted octanol–water partition coefficient (Wildman–Crippen LogP) is 26.1. The van der Waals surface area contributed by atoms with E-state index in [1.807, 2.05) is 0 Å². The molecule has 0 bridgehead atoms. The molecule has 0 radical (unpaired) electrons. The van der Waals surface area contributed by atoms with Gasteiger partial charge in [0.25, 0.3) is 0 Å². The molecule has 0 heterocycles. The first-order chi connectivity index (χ1) is 32.6. The second kappa shape index (κ2) is 39.1. The van der Waals surface area contributed by atoms with Crippen LogP contribution in [0.3, 0.4) is 0 Å². The topological polar surface area (TPSA) is 0 Å². The third-order valence-electron chi connectivity index (χ3n) is 19.4. The van der Waals surface area contributed by atoms with E-state index in [9.17, 15) is 0 Å². The Morgan fingerprint density at radius 3 is 0.676 bits per heavy atom. The number of rotatable bonds is 48. The Morgan fingerprint density at radius 2 is 0.456 bits per heavy atom. The van der Waals surface area contributed by atoms with Crippen LogP contribution in [0, 0.1) is 10.8 Å². The summed E-state index contributed by atoms with van der Waals surface area (Å²) in [6.45, 7) is 39.1. The van der Waals surface area contributed by atoms with Gasteiger partial charge in [0.15, 0.2) is 0 Å². The molecule has 0 aliphatic rings. The fourth-order valence-electron chi connectivity index (χ4n) is 15.2. The standard InChI is InChI=1S/C32H68BrP.C32H68ClP/c2*1-9-17-24-31(16-8,25-18-10-2)32(26-19-11-3,27-20-12-4)34(33,28-21-13-5,29-22-14-6)30-23-15-7/h2*9-30H2,1-8H3. The molecule has 0 aromatic rings. The molecule has 0 aliphatic heterocycles. The summed E-state index contributed by atoms with van der Waals surface area (Å²) in [6.07, 6.45) is 61.1. The van der Waals surface area contributed by atoms with Crippen LogP contribution in [0.25, 0.3) is 0 Å². The molecular weight excluding hydrogens is 946 g/mol. The van der Waals surface area contributed by atoms with Crippen molar-refractivity contribution in [2.24, 2.45) is 10.8 Å². The molecule has 0 atom stereocenters. The monoisotopic (exact) mass is 1080 g/mol. The van der Waals surface area contributed by atoms with Crippen LogP contribution >= 0.6 is 38.0 Å².